The maximum atomic E-state index is 10.8. The van der Waals surface area contributed by atoms with Gasteiger partial charge in [-0.3, -0.25) is 9.80 Å². The number of aliphatic hydroxyl groups excluding tert-OH is 1. The Bertz CT molecular complexity index is 1310. The molecule has 4 aromatic rings. The van der Waals surface area contributed by atoms with E-state index < -0.39 is 6.10 Å². The number of β-amino-alcohol motifs (C(OH)–C–C–N with tert-alkyl or cyclic N) is 1. The lowest BCUT2D eigenvalue weighted by molar-refractivity contribution is 0.0400. The molecule has 0 amide bonds. The molecule has 0 spiro atoms. The molecule has 0 bridgehead atoms. The molecule has 40 heavy (non-hydrogen) atoms. The van der Waals surface area contributed by atoms with Crippen LogP contribution < -0.4 is 4.74 Å². The van der Waals surface area contributed by atoms with Crippen LogP contribution in [0.4, 0.5) is 0 Å². The van der Waals surface area contributed by atoms with Crippen LogP contribution in [0.5, 0.6) is 5.75 Å². The highest BCUT2D eigenvalue weighted by molar-refractivity contribution is 5.70. The Hall–Kier alpha value is -3.71. The lowest BCUT2D eigenvalue weighted by atomic mass is 9.96. The van der Waals surface area contributed by atoms with E-state index in [0.29, 0.717) is 18.2 Å². The van der Waals surface area contributed by atoms with Crippen molar-refractivity contribution in [1.82, 2.24) is 15.0 Å². The Morgan fingerprint density at radius 1 is 0.850 bits per heavy atom. The summed E-state index contributed by atoms with van der Waals surface area (Å²) in [6.07, 6.45) is 3.28. The molecule has 2 heterocycles. The third kappa shape index (κ3) is 7.27. The minimum Gasteiger partial charge on any atom is -0.490 e. The topological polar surface area (TPSA) is 62.0 Å². The molecule has 1 aliphatic heterocycles. The fraction of sp³-hybridized carbons (Fsp3) is 0.324. The molecule has 1 atom stereocenters. The zero-order chi connectivity index (χ0) is 27.7. The Kier molecular flexibility index (Phi) is 9.45. The van der Waals surface area contributed by atoms with Crippen molar-refractivity contribution in [3.8, 4) is 5.75 Å². The summed E-state index contributed by atoms with van der Waals surface area (Å²) in [7, 11) is 0. The molecule has 1 saturated heterocycles. The van der Waals surface area contributed by atoms with E-state index in [4.69, 9.17) is 9.26 Å². The van der Waals surface area contributed by atoms with Gasteiger partial charge in [-0.25, -0.2) is 0 Å². The lowest BCUT2D eigenvalue weighted by Gasteiger charge is -2.40. The molecular weight excluding hydrogens is 498 g/mol. The van der Waals surface area contributed by atoms with E-state index in [9.17, 15) is 5.11 Å². The number of para-hydroxylation sites is 1. The van der Waals surface area contributed by atoms with Gasteiger partial charge in [0.15, 0.2) is 5.76 Å². The molecular formula is C34H39N3O3. The van der Waals surface area contributed by atoms with Crippen molar-refractivity contribution >= 4 is 12.2 Å². The van der Waals surface area contributed by atoms with Crippen molar-refractivity contribution in [2.24, 2.45) is 0 Å². The SMILES string of the molecule is CC(C)c1cc(C=Cc2ccccc2OCC(O)CN2CCN(C(c3ccccc3)c3ccccc3)CC2)on1. The highest BCUT2D eigenvalue weighted by Gasteiger charge is 2.27. The number of rotatable bonds is 11. The largest absolute Gasteiger partial charge is 0.490 e. The first-order valence-electron chi connectivity index (χ1n) is 14.2. The van der Waals surface area contributed by atoms with E-state index in [1.807, 2.05) is 42.5 Å². The van der Waals surface area contributed by atoms with E-state index in [1.165, 1.54) is 11.1 Å². The van der Waals surface area contributed by atoms with Crippen molar-refractivity contribution < 1.29 is 14.4 Å². The van der Waals surface area contributed by atoms with Crippen molar-refractivity contribution in [1.29, 1.82) is 0 Å². The van der Waals surface area contributed by atoms with Gasteiger partial charge in [0.1, 0.15) is 18.5 Å². The van der Waals surface area contributed by atoms with Gasteiger partial charge >= 0.3 is 0 Å². The molecule has 0 radical (unpaired) electrons. The van der Waals surface area contributed by atoms with Crippen LogP contribution in [0.1, 0.15) is 54.0 Å². The lowest BCUT2D eigenvalue weighted by Crippen LogP contribution is -2.50. The first-order valence-corrected chi connectivity index (χ1v) is 14.2. The smallest absolute Gasteiger partial charge is 0.159 e. The summed E-state index contributed by atoms with van der Waals surface area (Å²) < 4.78 is 11.5. The molecule has 1 unspecified atom stereocenters. The standard InChI is InChI=1S/C34H39N3O3/c1-26(2)32-23-31(40-35-32)18-17-27-11-9-10-16-33(27)39-25-30(38)24-36-19-21-37(22-20-36)34(28-12-5-3-6-13-28)29-14-7-4-8-15-29/h3-18,23,26,30,34,38H,19-22,24-25H2,1-2H3. The highest BCUT2D eigenvalue weighted by Crippen LogP contribution is 2.29. The molecule has 0 saturated carbocycles. The van der Waals surface area contributed by atoms with Gasteiger partial charge in [-0.05, 0) is 35.3 Å². The summed E-state index contributed by atoms with van der Waals surface area (Å²) in [5.74, 6) is 1.76. The number of piperazine rings is 1. The molecule has 208 valence electrons. The number of hydrogen-bond donors (Lipinski definition) is 1. The molecule has 6 nitrogen and oxygen atoms in total. The second-order valence-electron chi connectivity index (χ2n) is 10.7. The maximum absolute atomic E-state index is 10.8. The Morgan fingerprint density at radius 3 is 2.10 bits per heavy atom. The summed E-state index contributed by atoms with van der Waals surface area (Å²) >= 11 is 0. The van der Waals surface area contributed by atoms with E-state index in [0.717, 1.165) is 43.2 Å². The first-order chi connectivity index (χ1) is 19.6. The summed E-state index contributed by atoms with van der Waals surface area (Å²) in [5, 5.41) is 14.9. The van der Waals surface area contributed by atoms with E-state index >= 15 is 0 Å². The fourth-order valence-electron chi connectivity index (χ4n) is 5.20. The number of benzene rings is 3. The van der Waals surface area contributed by atoms with Crippen molar-refractivity contribution in [2.75, 3.05) is 39.3 Å². The predicted octanol–water partition coefficient (Wildman–Crippen LogP) is 6.12. The molecule has 0 aliphatic carbocycles. The van der Waals surface area contributed by atoms with Crippen LogP contribution in [-0.2, 0) is 0 Å². The van der Waals surface area contributed by atoms with Crippen molar-refractivity contribution in [3.05, 3.63) is 119 Å². The number of hydrogen-bond acceptors (Lipinski definition) is 6. The number of nitrogens with zero attached hydrogens (tertiary/aromatic N) is 3. The first kappa shape index (κ1) is 27.8. The summed E-state index contributed by atoms with van der Waals surface area (Å²) in [6, 6.07) is 31.5. The Balaban J connectivity index is 1.14. The van der Waals surface area contributed by atoms with Crippen molar-refractivity contribution in [2.45, 2.75) is 31.9 Å². The second-order valence-corrected chi connectivity index (χ2v) is 10.7. The monoisotopic (exact) mass is 537 g/mol. The predicted molar refractivity (Wildman–Crippen MR) is 160 cm³/mol. The van der Waals surface area contributed by atoms with Crippen LogP contribution >= 0.6 is 0 Å². The van der Waals surface area contributed by atoms with Crippen LogP contribution in [0.3, 0.4) is 0 Å². The number of ether oxygens (including phenoxy) is 1. The van der Waals surface area contributed by atoms with Gasteiger partial charge < -0.3 is 14.4 Å². The average molecular weight is 538 g/mol. The van der Waals surface area contributed by atoms with Gasteiger partial charge in [-0.2, -0.15) is 0 Å². The minimum atomic E-state index is -0.578. The van der Waals surface area contributed by atoms with Crippen molar-refractivity contribution in [3.63, 3.8) is 0 Å². The zero-order valence-corrected chi connectivity index (χ0v) is 23.4. The number of aromatic nitrogens is 1. The molecule has 1 N–H and O–H groups in total. The molecule has 3 aromatic carbocycles. The van der Waals surface area contributed by atoms with Crippen LogP contribution in [0.25, 0.3) is 12.2 Å². The van der Waals surface area contributed by atoms with E-state index in [1.54, 1.807) is 0 Å². The second kappa shape index (κ2) is 13.6. The maximum Gasteiger partial charge on any atom is 0.159 e. The van der Waals surface area contributed by atoms with Crippen LogP contribution in [-0.4, -0.2) is 65.5 Å². The Morgan fingerprint density at radius 2 is 1.48 bits per heavy atom. The van der Waals surface area contributed by atoms with Gasteiger partial charge in [0.05, 0.1) is 11.7 Å². The summed E-state index contributed by atoms with van der Waals surface area (Å²) in [5.41, 5.74) is 4.49. The quantitative estimate of drug-likeness (QED) is 0.249. The van der Waals surface area contributed by atoms with Gasteiger partial charge in [0.25, 0.3) is 0 Å². The van der Waals surface area contributed by atoms with E-state index in [-0.39, 0.29) is 12.6 Å². The van der Waals surface area contributed by atoms with Gasteiger partial charge in [-0.1, -0.05) is 97.9 Å². The average Bonchev–Trinajstić information content (AvgIpc) is 3.47. The Labute approximate surface area is 237 Å². The minimum absolute atomic E-state index is 0.233. The third-order valence-electron chi connectivity index (χ3n) is 7.39. The molecule has 6 heteroatoms. The highest BCUT2D eigenvalue weighted by atomic mass is 16.5. The number of aliphatic hydroxyl groups is 1. The third-order valence-corrected chi connectivity index (χ3v) is 7.39. The molecule has 1 aliphatic rings. The molecule has 1 aromatic heterocycles. The fourth-order valence-corrected chi connectivity index (χ4v) is 5.20. The molecule has 5 rings (SSSR count). The van der Waals surface area contributed by atoms with Gasteiger partial charge in [0.2, 0.25) is 0 Å². The normalized spacial score (nSPS) is 15.7. The zero-order valence-electron chi connectivity index (χ0n) is 23.4. The van der Waals surface area contributed by atoms with Gasteiger partial charge in [0, 0.05) is 44.4 Å². The molecule has 1 fully saturated rings. The summed E-state index contributed by atoms with van der Waals surface area (Å²) in [4.78, 5) is 4.88. The van der Waals surface area contributed by atoms with Crippen LogP contribution in [0.15, 0.2) is 95.5 Å². The van der Waals surface area contributed by atoms with Crippen LogP contribution in [0.2, 0.25) is 0 Å². The van der Waals surface area contributed by atoms with E-state index in [2.05, 4.69) is 89.5 Å². The van der Waals surface area contributed by atoms with Crippen LogP contribution in [0, 0.1) is 0 Å². The summed E-state index contributed by atoms with van der Waals surface area (Å²) in [6.45, 7) is 8.69. The van der Waals surface area contributed by atoms with Gasteiger partial charge in [-0.15, -0.1) is 0 Å².